The molecule has 0 aromatic heterocycles. The average Bonchev–Trinajstić information content (AvgIpc) is 3.55. The maximum Gasteiger partial charge on any atom is 2.00 e. The standard InChI is InChI=1S/C50H80N2.2C4H9.Ni/c1-7-13-19-23-24-28-34-48-47(33-27-22-16-10-4)49(45-37-41(29-17-11-5)35-43(39-45)31-25-20-14-8-2)52(51)50(48)46-38-42(30-18-12-6)36-44(40-46)32-26-21-15-9-3;2*1-3-4-2;/h35-40H,7-34H2,1-6H3;2*1,3-4H2,2H3;/q;2*-1;+2. The number of benzene rings is 2. The van der Waals surface area contributed by atoms with E-state index < -0.39 is 0 Å². The number of nitrogens with zero attached hydrogens (tertiary/aromatic N) is 2. The first-order valence-electron chi connectivity index (χ1n) is 26.1. The number of allylic oxidation sites excluding steroid dienone is 2. The van der Waals surface area contributed by atoms with Crippen molar-refractivity contribution in [2.45, 2.75) is 261 Å². The maximum atomic E-state index is 12.7. The predicted octanol–water partition coefficient (Wildman–Crippen LogP) is 19.7. The molecule has 1 aliphatic heterocycles. The van der Waals surface area contributed by atoms with Gasteiger partial charge in [-0.3, -0.25) is 0 Å². The van der Waals surface area contributed by atoms with Crippen molar-refractivity contribution in [3.05, 3.63) is 100 Å². The third kappa shape index (κ3) is 24.6. The fourth-order valence-corrected chi connectivity index (χ4v) is 8.25. The van der Waals surface area contributed by atoms with Gasteiger partial charge in [-0.05, 0) is 124 Å². The fraction of sp³-hybridized carbons (Fsp3) is 0.690. The summed E-state index contributed by atoms with van der Waals surface area (Å²) in [6.07, 6.45) is 38.9. The van der Waals surface area contributed by atoms with Crippen molar-refractivity contribution in [3.63, 3.8) is 0 Å². The van der Waals surface area contributed by atoms with Crippen LogP contribution in [-0.4, -0.2) is 4.70 Å². The van der Waals surface area contributed by atoms with Crippen LogP contribution in [0.15, 0.2) is 47.5 Å². The van der Waals surface area contributed by atoms with E-state index in [4.69, 9.17) is 0 Å². The van der Waals surface area contributed by atoms with E-state index in [1.165, 1.54) is 199 Å². The van der Waals surface area contributed by atoms with E-state index in [0.29, 0.717) is 0 Å². The van der Waals surface area contributed by atoms with Crippen LogP contribution in [0.3, 0.4) is 0 Å². The minimum atomic E-state index is 0. The first-order valence-corrected chi connectivity index (χ1v) is 26.1. The van der Waals surface area contributed by atoms with Crippen LogP contribution in [0.4, 0.5) is 0 Å². The Kier molecular flexibility index (Phi) is 38.3. The summed E-state index contributed by atoms with van der Waals surface area (Å²) in [7, 11) is 0. The molecule has 0 saturated carbocycles. The van der Waals surface area contributed by atoms with Gasteiger partial charge in [0.25, 0.3) is 0 Å². The first-order chi connectivity index (χ1) is 29.3. The van der Waals surface area contributed by atoms with Crippen LogP contribution in [-0.2, 0) is 42.2 Å². The minimum Gasteiger partial charge on any atom is -0.493 e. The molecule has 1 heterocycles. The summed E-state index contributed by atoms with van der Waals surface area (Å²) >= 11 is 0. The molecule has 61 heavy (non-hydrogen) atoms. The zero-order valence-electron chi connectivity index (χ0n) is 41.7. The number of rotatable bonds is 32. The van der Waals surface area contributed by atoms with Crippen molar-refractivity contribution in [1.29, 1.82) is 0 Å². The Balaban J connectivity index is 0.00000366. The molecule has 0 fully saturated rings. The Morgan fingerprint density at radius 1 is 0.344 bits per heavy atom. The Hall–Kier alpha value is -1.99. The minimum absolute atomic E-state index is 0. The summed E-state index contributed by atoms with van der Waals surface area (Å²) in [5.74, 6) is 0. The van der Waals surface area contributed by atoms with Crippen LogP contribution >= 0.6 is 0 Å². The van der Waals surface area contributed by atoms with Crippen LogP contribution in [0.5, 0.6) is 0 Å². The summed E-state index contributed by atoms with van der Waals surface area (Å²) in [4.78, 5) is 0. The Morgan fingerprint density at radius 3 is 0.885 bits per heavy atom. The molecule has 0 saturated heterocycles. The monoisotopic (exact) mass is 881 g/mol. The van der Waals surface area contributed by atoms with Gasteiger partial charge in [0.2, 0.25) is 11.4 Å². The Labute approximate surface area is 391 Å². The zero-order chi connectivity index (χ0) is 44.2. The molecule has 2 aromatic carbocycles. The second-order valence-electron chi connectivity index (χ2n) is 17.9. The first kappa shape index (κ1) is 59.0. The topological polar surface area (TPSA) is 25.3 Å². The van der Waals surface area contributed by atoms with Gasteiger partial charge in [-0.1, -0.05) is 183 Å². The fourth-order valence-electron chi connectivity index (χ4n) is 8.25. The van der Waals surface area contributed by atoms with Gasteiger partial charge < -0.3 is 19.4 Å². The SMILES string of the molecule is CCCCCCCCC1=C(c2cc(CCCC)cc(CCCCCC)c2)[N+](=[N-])C(c2cc(CCCC)cc(CCCCCC)c2)=C1CCCCCC.[CH2-]CCC.[CH2-]CCC.[Ni+2]. The third-order valence-corrected chi connectivity index (χ3v) is 12.1. The summed E-state index contributed by atoms with van der Waals surface area (Å²) in [5.41, 5.74) is 26.0. The molecule has 0 spiro atoms. The van der Waals surface area contributed by atoms with E-state index in [0.717, 1.165) is 62.8 Å². The smallest absolute Gasteiger partial charge is 0.493 e. The van der Waals surface area contributed by atoms with Gasteiger partial charge in [0, 0.05) is 22.3 Å². The molecule has 3 rings (SSSR count). The van der Waals surface area contributed by atoms with Crippen molar-refractivity contribution in [1.82, 2.24) is 0 Å². The molecular formula is C58H98N2Ni. The van der Waals surface area contributed by atoms with Crippen molar-refractivity contribution < 1.29 is 21.2 Å². The molecule has 0 amide bonds. The predicted molar refractivity (Wildman–Crippen MR) is 271 cm³/mol. The zero-order valence-corrected chi connectivity index (χ0v) is 42.7. The molecular weight excluding hydrogens is 783 g/mol. The van der Waals surface area contributed by atoms with Gasteiger partial charge in [0.1, 0.15) is 0 Å². The van der Waals surface area contributed by atoms with E-state index in [1.807, 2.05) is 0 Å². The Morgan fingerprint density at radius 2 is 0.590 bits per heavy atom. The van der Waals surface area contributed by atoms with Crippen LogP contribution < -0.4 is 0 Å². The molecule has 1 aliphatic rings. The molecule has 2 nitrogen and oxygen atoms in total. The Bertz CT molecular complexity index is 1440. The second kappa shape index (κ2) is 39.6. The van der Waals surface area contributed by atoms with Gasteiger partial charge in [0.15, 0.2) is 0 Å². The molecule has 3 heteroatoms. The van der Waals surface area contributed by atoms with Crippen molar-refractivity contribution in [3.8, 4) is 0 Å². The molecule has 0 atom stereocenters. The van der Waals surface area contributed by atoms with Gasteiger partial charge >= 0.3 is 16.5 Å². The van der Waals surface area contributed by atoms with E-state index in [9.17, 15) is 5.53 Å². The molecule has 0 unspecified atom stereocenters. The van der Waals surface area contributed by atoms with Crippen molar-refractivity contribution in [2.24, 2.45) is 0 Å². The van der Waals surface area contributed by atoms with Gasteiger partial charge in [0.05, 0.1) is 0 Å². The van der Waals surface area contributed by atoms with E-state index in [2.05, 4.69) is 106 Å². The summed E-state index contributed by atoms with van der Waals surface area (Å²) < 4.78 is 1.70. The number of hydrogen-bond donors (Lipinski definition) is 0. The van der Waals surface area contributed by atoms with E-state index in [-0.39, 0.29) is 16.5 Å². The van der Waals surface area contributed by atoms with Crippen LogP contribution in [0.2, 0.25) is 0 Å². The quantitative estimate of drug-likeness (QED) is 0.0303. The van der Waals surface area contributed by atoms with E-state index in [1.54, 1.807) is 4.70 Å². The summed E-state index contributed by atoms with van der Waals surface area (Å²) in [6, 6.07) is 14.8. The molecule has 0 N–H and O–H groups in total. The summed E-state index contributed by atoms with van der Waals surface area (Å²) in [5, 5.41) is 0. The maximum absolute atomic E-state index is 12.7. The third-order valence-electron chi connectivity index (χ3n) is 12.1. The largest absolute Gasteiger partial charge is 2.00 e. The number of aryl methyl sites for hydroxylation is 4. The van der Waals surface area contributed by atoms with Gasteiger partial charge in [-0.2, -0.15) is 12.8 Å². The molecule has 0 aliphatic carbocycles. The van der Waals surface area contributed by atoms with E-state index >= 15 is 0 Å². The van der Waals surface area contributed by atoms with Crippen LogP contribution in [0, 0.1) is 13.8 Å². The summed E-state index contributed by atoms with van der Waals surface area (Å²) in [6.45, 7) is 25.3. The molecule has 2 aromatic rings. The normalized spacial score (nSPS) is 12.3. The molecule has 350 valence electrons. The van der Waals surface area contributed by atoms with Gasteiger partial charge in [-0.15, -0.1) is 0 Å². The second-order valence-corrected chi connectivity index (χ2v) is 17.9. The molecule has 0 bridgehead atoms. The van der Waals surface area contributed by atoms with Gasteiger partial charge in [-0.25, -0.2) is 4.70 Å². The van der Waals surface area contributed by atoms with Crippen LogP contribution in [0.25, 0.3) is 16.9 Å². The van der Waals surface area contributed by atoms with Crippen molar-refractivity contribution >= 4 is 11.4 Å². The number of hydrogen-bond acceptors (Lipinski definition) is 0. The van der Waals surface area contributed by atoms with Crippen LogP contribution in [0.1, 0.15) is 269 Å². The molecule has 0 radical (unpaired) electrons. The average molecular weight is 882 g/mol. The number of unbranched alkanes of at least 4 members (excludes halogenated alkanes) is 18. The van der Waals surface area contributed by atoms with Crippen molar-refractivity contribution in [2.75, 3.05) is 0 Å².